The summed E-state index contributed by atoms with van der Waals surface area (Å²) in [5.74, 6) is -1.47. The number of hydrogen-bond acceptors (Lipinski definition) is 4. The maximum Gasteiger partial charge on any atom is 0.235 e. The number of H-pyrrole nitrogens is 1. The Morgan fingerprint density at radius 1 is 0.931 bits per heavy atom. The van der Waals surface area contributed by atoms with Crippen LogP contribution < -0.4 is 10.1 Å². The molecule has 2 aromatic heterocycles. The Balaban J connectivity index is 1.75. The fraction of sp³-hybridized carbons (Fsp3) is 0.174. The number of hydrogen-bond donors (Lipinski definition) is 2. The number of para-hydroxylation sites is 1. The third kappa shape index (κ3) is 2.68. The molecule has 5 rings (SSSR count). The fourth-order valence-electron chi connectivity index (χ4n) is 4.27. The number of nitrogens with one attached hydrogen (secondary N) is 2. The molecule has 29 heavy (non-hydrogen) atoms. The zero-order valence-corrected chi connectivity index (χ0v) is 16.0. The molecule has 1 aliphatic heterocycles. The number of aromatic amines is 1. The highest BCUT2D eigenvalue weighted by atomic mass is 16.5. The molecule has 0 bridgehead atoms. The first kappa shape index (κ1) is 17.4. The predicted octanol–water partition coefficient (Wildman–Crippen LogP) is 3.56. The molecule has 144 valence electrons. The van der Waals surface area contributed by atoms with Gasteiger partial charge in [-0.25, -0.2) is 4.98 Å². The summed E-state index contributed by atoms with van der Waals surface area (Å²) in [7, 11) is 1.55. The van der Waals surface area contributed by atoms with E-state index in [1.807, 2.05) is 55.6 Å². The molecule has 3 heterocycles. The lowest BCUT2D eigenvalue weighted by molar-refractivity contribution is -0.125. The van der Waals surface area contributed by atoms with Gasteiger partial charge < -0.3 is 9.72 Å². The first-order chi connectivity index (χ1) is 14.1. The Labute approximate surface area is 166 Å². The van der Waals surface area contributed by atoms with Gasteiger partial charge in [0.1, 0.15) is 0 Å². The number of carbonyl (C=O) groups is 2. The van der Waals surface area contributed by atoms with Gasteiger partial charge in [0.2, 0.25) is 17.7 Å². The van der Waals surface area contributed by atoms with Crippen LogP contribution in [0.15, 0.2) is 54.7 Å². The van der Waals surface area contributed by atoms with Crippen LogP contribution in [0.3, 0.4) is 0 Å². The van der Waals surface area contributed by atoms with Crippen LogP contribution in [-0.2, 0) is 9.59 Å². The number of fused-ring (bicyclic) bond motifs is 2. The van der Waals surface area contributed by atoms with Gasteiger partial charge in [0.05, 0.1) is 24.5 Å². The van der Waals surface area contributed by atoms with Crippen molar-refractivity contribution < 1.29 is 14.3 Å². The van der Waals surface area contributed by atoms with E-state index in [2.05, 4.69) is 15.3 Å². The highest BCUT2D eigenvalue weighted by Crippen LogP contribution is 2.43. The lowest BCUT2D eigenvalue weighted by Crippen LogP contribution is -2.21. The Bertz CT molecular complexity index is 1290. The monoisotopic (exact) mass is 385 g/mol. The van der Waals surface area contributed by atoms with Gasteiger partial charge in [-0.15, -0.1) is 0 Å². The summed E-state index contributed by atoms with van der Waals surface area (Å²) in [5.41, 5.74) is 4.28. The Morgan fingerprint density at radius 2 is 1.69 bits per heavy atom. The molecule has 2 unspecified atom stereocenters. The Kier molecular flexibility index (Phi) is 3.87. The second kappa shape index (κ2) is 6.44. The first-order valence-electron chi connectivity index (χ1n) is 9.43. The van der Waals surface area contributed by atoms with Crippen LogP contribution in [0.2, 0.25) is 0 Å². The molecule has 6 heteroatoms. The quantitative estimate of drug-likeness (QED) is 0.528. The van der Waals surface area contributed by atoms with Crippen molar-refractivity contribution in [2.45, 2.75) is 18.8 Å². The highest BCUT2D eigenvalue weighted by Gasteiger charge is 2.45. The molecular formula is C23H19N3O3. The maximum absolute atomic E-state index is 12.9. The van der Waals surface area contributed by atoms with Crippen LogP contribution in [-0.4, -0.2) is 28.9 Å². The van der Waals surface area contributed by atoms with Gasteiger partial charge in [-0.3, -0.25) is 14.9 Å². The normalized spacial score (nSPS) is 19.1. The molecule has 0 saturated carbocycles. The fourth-order valence-corrected chi connectivity index (χ4v) is 4.27. The summed E-state index contributed by atoms with van der Waals surface area (Å²) < 4.78 is 5.39. The lowest BCUT2D eigenvalue weighted by atomic mass is 9.82. The standard InChI is InChI=1S/C23H19N3O3/c1-12-7-8-14-15(10-19(29-2)25-18(14)9-12)20-21(23(28)26-22(20)27)16-11-24-17-6-4-3-5-13(16)17/h3-11,20-21,24H,1-2H3,(H,26,27,28). The van der Waals surface area contributed by atoms with Crippen molar-refractivity contribution in [2.24, 2.45) is 0 Å². The number of rotatable bonds is 3. The molecule has 4 aromatic rings. The number of nitrogens with zero attached hydrogens (tertiary/aromatic N) is 1. The molecule has 2 atom stereocenters. The minimum Gasteiger partial charge on any atom is -0.481 e. The van der Waals surface area contributed by atoms with Crippen molar-refractivity contribution in [3.05, 3.63) is 71.4 Å². The minimum absolute atomic E-state index is 0.291. The van der Waals surface area contributed by atoms with Gasteiger partial charge in [0.25, 0.3) is 0 Å². The largest absolute Gasteiger partial charge is 0.481 e. The molecule has 6 nitrogen and oxygen atoms in total. The van der Waals surface area contributed by atoms with Gasteiger partial charge in [-0.05, 0) is 35.7 Å². The van der Waals surface area contributed by atoms with Crippen LogP contribution in [0.1, 0.15) is 28.5 Å². The Hall–Kier alpha value is -3.67. The van der Waals surface area contributed by atoms with E-state index in [-0.39, 0.29) is 11.8 Å². The van der Waals surface area contributed by atoms with Crippen molar-refractivity contribution in [2.75, 3.05) is 7.11 Å². The van der Waals surface area contributed by atoms with Gasteiger partial charge >= 0.3 is 0 Å². The number of pyridine rings is 1. The van der Waals surface area contributed by atoms with Crippen molar-refractivity contribution in [3.63, 3.8) is 0 Å². The summed E-state index contributed by atoms with van der Waals surface area (Å²) in [5, 5.41) is 4.31. The molecule has 1 aliphatic rings. The molecule has 0 radical (unpaired) electrons. The van der Waals surface area contributed by atoms with Crippen LogP contribution in [0.4, 0.5) is 0 Å². The predicted molar refractivity (Wildman–Crippen MR) is 110 cm³/mol. The van der Waals surface area contributed by atoms with Crippen LogP contribution in [0.25, 0.3) is 21.8 Å². The molecule has 1 fully saturated rings. The van der Waals surface area contributed by atoms with E-state index in [9.17, 15) is 9.59 Å². The molecule has 2 aromatic carbocycles. The highest BCUT2D eigenvalue weighted by molar-refractivity contribution is 6.13. The maximum atomic E-state index is 12.9. The van der Waals surface area contributed by atoms with Crippen molar-refractivity contribution in [1.29, 1.82) is 0 Å². The molecule has 2 amide bonds. The van der Waals surface area contributed by atoms with E-state index < -0.39 is 11.8 Å². The van der Waals surface area contributed by atoms with Gasteiger partial charge in [-0.1, -0.05) is 30.3 Å². The summed E-state index contributed by atoms with van der Waals surface area (Å²) in [4.78, 5) is 33.5. The number of imide groups is 1. The number of amides is 2. The zero-order valence-electron chi connectivity index (χ0n) is 16.0. The average Bonchev–Trinajstić information content (AvgIpc) is 3.26. The molecule has 1 saturated heterocycles. The average molecular weight is 385 g/mol. The summed E-state index contributed by atoms with van der Waals surface area (Å²) >= 11 is 0. The van der Waals surface area contributed by atoms with Gasteiger partial charge in [0.15, 0.2) is 0 Å². The number of aromatic nitrogens is 2. The first-order valence-corrected chi connectivity index (χ1v) is 9.43. The van der Waals surface area contributed by atoms with E-state index in [1.165, 1.54) is 0 Å². The van der Waals surface area contributed by atoms with Crippen molar-refractivity contribution in [1.82, 2.24) is 15.3 Å². The topological polar surface area (TPSA) is 84.1 Å². The molecule has 0 aliphatic carbocycles. The van der Waals surface area contributed by atoms with Crippen molar-refractivity contribution >= 4 is 33.6 Å². The van der Waals surface area contributed by atoms with E-state index >= 15 is 0 Å². The van der Waals surface area contributed by atoms with Gasteiger partial charge in [0, 0.05) is 28.6 Å². The summed E-state index contributed by atoms with van der Waals surface area (Å²) in [6.45, 7) is 1.99. The lowest BCUT2D eigenvalue weighted by Gasteiger charge is -2.18. The second-order valence-electron chi connectivity index (χ2n) is 7.37. The molecule has 0 spiro atoms. The SMILES string of the molecule is COc1cc(C2C(=O)NC(=O)C2c2c[nH]c3ccccc23)c2ccc(C)cc2n1. The summed E-state index contributed by atoms with van der Waals surface area (Å²) in [6, 6.07) is 15.4. The third-order valence-corrected chi connectivity index (χ3v) is 5.62. The summed E-state index contributed by atoms with van der Waals surface area (Å²) in [6.07, 6.45) is 1.82. The number of methoxy groups -OCH3 is 1. The van der Waals surface area contributed by atoms with Crippen molar-refractivity contribution in [3.8, 4) is 5.88 Å². The Morgan fingerprint density at radius 3 is 2.48 bits per heavy atom. The number of aryl methyl sites for hydroxylation is 1. The number of carbonyl (C=O) groups excluding carboxylic acids is 2. The second-order valence-corrected chi connectivity index (χ2v) is 7.37. The van der Waals surface area contributed by atoms with Gasteiger partial charge in [-0.2, -0.15) is 0 Å². The minimum atomic E-state index is -0.663. The van der Waals surface area contributed by atoms with E-state index in [4.69, 9.17) is 4.74 Å². The van der Waals surface area contributed by atoms with Crippen LogP contribution in [0, 0.1) is 6.92 Å². The van der Waals surface area contributed by atoms with E-state index in [0.717, 1.165) is 38.5 Å². The van der Waals surface area contributed by atoms with Crippen LogP contribution >= 0.6 is 0 Å². The number of ether oxygens (including phenoxy) is 1. The molecular weight excluding hydrogens is 366 g/mol. The van der Waals surface area contributed by atoms with E-state index in [0.29, 0.717) is 5.88 Å². The molecule has 2 N–H and O–H groups in total. The third-order valence-electron chi connectivity index (χ3n) is 5.62. The smallest absolute Gasteiger partial charge is 0.235 e. The zero-order chi connectivity index (χ0) is 20.1. The van der Waals surface area contributed by atoms with Crippen LogP contribution in [0.5, 0.6) is 5.88 Å². The van der Waals surface area contributed by atoms with E-state index in [1.54, 1.807) is 13.2 Å². The number of benzene rings is 2.